The standard InChI is InChI=1S/C7H11NOS/c1-4-7(2,3)6(9)8-5-10/h4H2,1-3H3. The third kappa shape index (κ3) is 2.38. The smallest absolute Gasteiger partial charge is 0.260 e. The molecule has 0 saturated carbocycles. The Labute approximate surface area is 66.3 Å². The number of hydrogen-bond acceptors (Lipinski definition) is 2. The van der Waals surface area contributed by atoms with Gasteiger partial charge in [0.25, 0.3) is 5.91 Å². The third-order valence-corrected chi connectivity index (χ3v) is 1.70. The van der Waals surface area contributed by atoms with Gasteiger partial charge in [-0.3, -0.25) is 4.79 Å². The quantitative estimate of drug-likeness (QED) is 0.453. The Bertz CT molecular complexity index is 180. The maximum atomic E-state index is 11.0. The first-order valence-corrected chi connectivity index (χ1v) is 3.57. The van der Waals surface area contributed by atoms with Gasteiger partial charge in [-0.2, -0.15) is 4.99 Å². The lowest BCUT2D eigenvalue weighted by Gasteiger charge is -2.15. The zero-order valence-corrected chi connectivity index (χ0v) is 7.29. The van der Waals surface area contributed by atoms with Gasteiger partial charge in [0, 0.05) is 5.41 Å². The van der Waals surface area contributed by atoms with Crippen LogP contribution in [0.4, 0.5) is 0 Å². The maximum Gasteiger partial charge on any atom is 0.260 e. The molecule has 1 amide bonds. The molecule has 0 aliphatic rings. The third-order valence-electron chi connectivity index (χ3n) is 1.61. The van der Waals surface area contributed by atoms with E-state index >= 15 is 0 Å². The summed E-state index contributed by atoms with van der Waals surface area (Å²) in [6.45, 7) is 5.62. The van der Waals surface area contributed by atoms with Crippen molar-refractivity contribution in [1.29, 1.82) is 0 Å². The van der Waals surface area contributed by atoms with E-state index in [2.05, 4.69) is 22.4 Å². The molecule has 0 unspecified atom stereocenters. The van der Waals surface area contributed by atoms with E-state index in [0.717, 1.165) is 6.42 Å². The summed E-state index contributed by atoms with van der Waals surface area (Å²) >= 11 is 4.31. The first-order valence-electron chi connectivity index (χ1n) is 3.17. The molecule has 0 spiro atoms. The molecule has 0 radical (unpaired) electrons. The van der Waals surface area contributed by atoms with Crippen LogP contribution in [0.2, 0.25) is 0 Å². The van der Waals surface area contributed by atoms with Gasteiger partial charge in [-0.05, 0) is 18.6 Å². The van der Waals surface area contributed by atoms with E-state index in [1.165, 1.54) is 0 Å². The topological polar surface area (TPSA) is 29.4 Å². The van der Waals surface area contributed by atoms with Gasteiger partial charge in [-0.1, -0.05) is 20.8 Å². The Morgan fingerprint density at radius 1 is 1.70 bits per heavy atom. The second-order valence-corrected chi connectivity index (χ2v) is 2.93. The van der Waals surface area contributed by atoms with Gasteiger partial charge in [-0.25, -0.2) is 0 Å². The molecule has 0 atom stereocenters. The van der Waals surface area contributed by atoms with Crippen molar-refractivity contribution in [3.05, 3.63) is 0 Å². The second kappa shape index (κ2) is 3.59. The molecular weight excluding hydrogens is 146 g/mol. The Balaban J connectivity index is 4.32. The van der Waals surface area contributed by atoms with Crippen LogP contribution in [-0.2, 0) is 4.79 Å². The van der Waals surface area contributed by atoms with Crippen molar-refractivity contribution in [2.75, 3.05) is 0 Å². The van der Waals surface area contributed by atoms with Crippen molar-refractivity contribution in [3.63, 3.8) is 0 Å². The van der Waals surface area contributed by atoms with Crippen molar-refractivity contribution in [2.45, 2.75) is 27.2 Å². The molecule has 0 aliphatic carbocycles. The predicted octanol–water partition coefficient (Wildman–Crippen LogP) is 2.05. The molecule has 0 N–H and O–H groups in total. The molecule has 0 aromatic rings. The summed E-state index contributed by atoms with van der Waals surface area (Å²) in [6, 6.07) is 0. The molecule has 2 nitrogen and oxygen atoms in total. The predicted molar refractivity (Wildman–Crippen MR) is 44.1 cm³/mol. The van der Waals surface area contributed by atoms with Crippen molar-refractivity contribution in [3.8, 4) is 0 Å². The zero-order chi connectivity index (χ0) is 8.20. The molecule has 0 heterocycles. The highest BCUT2D eigenvalue weighted by molar-refractivity contribution is 7.78. The van der Waals surface area contributed by atoms with Crippen LogP contribution in [0.1, 0.15) is 27.2 Å². The molecule has 0 fully saturated rings. The number of carbonyl (C=O) groups excluding carboxylic acids is 1. The summed E-state index contributed by atoms with van der Waals surface area (Å²) in [6.07, 6.45) is 0.770. The van der Waals surface area contributed by atoms with E-state index in [0.29, 0.717) is 0 Å². The van der Waals surface area contributed by atoms with Gasteiger partial charge >= 0.3 is 0 Å². The number of thiocarbonyl (C=S) groups is 1. The summed E-state index contributed by atoms with van der Waals surface area (Å²) in [5, 5.41) is 2.07. The van der Waals surface area contributed by atoms with Crippen molar-refractivity contribution < 1.29 is 4.79 Å². The molecule has 0 rings (SSSR count). The summed E-state index contributed by atoms with van der Waals surface area (Å²) < 4.78 is 0. The highest BCUT2D eigenvalue weighted by atomic mass is 32.1. The van der Waals surface area contributed by atoms with Crippen LogP contribution in [0.3, 0.4) is 0 Å². The lowest BCUT2D eigenvalue weighted by atomic mass is 9.90. The SMILES string of the molecule is CCC(C)(C)C(=O)N=C=S. The minimum atomic E-state index is -0.383. The van der Waals surface area contributed by atoms with Gasteiger partial charge in [0.15, 0.2) is 0 Å². The minimum Gasteiger partial charge on any atom is -0.271 e. The number of isothiocyanates is 1. The number of nitrogens with zero attached hydrogens (tertiary/aromatic N) is 1. The number of amides is 1. The van der Waals surface area contributed by atoms with E-state index < -0.39 is 0 Å². The Hall–Kier alpha value is -0.530. The monoisotopic (exact) mass is 157 g/mol. The van der Waals surface area contributed by atoms with Gasteiger partial charge < -0.3 is 0 Å². The Morgan fingerprint density at radius 2 is 2.20 bits per heavy atom. The molecule has 3 heteroatoms. The highest BCUT2D eigenvalue weighted by Crippen LogP contribution is 2.20. The van der Waals surface area contributed by atoms with Crippen LogP contribution < -0.4 is 0 Å². The summed E-state index contributed by atoms with van der Waals surface area (Å²) in [4.78, 5) is 14.4. The molecular formula is C7H11NOS. The fourth-order valence-electron chi connectivity index (χ4n) is 0.344. The summed E-state index contributed by atoms with van der Waals surface area (Å²) in [7, 11) is 0. The minimum absolute atomic E-state index is 0.190. The van der Waals surface area contributed by atoms with Gasteiger partial charge in [0.05, 0.1) is 5.16 Å². The van der Waals surface area contributed by atoms with Gasteiger partial charge in [0.1, 0.15) is 0 Å². The van der Waals surface area contributed by atoms with Gasteiger partial charge in [-0.15, -0.1) is 0 Å². The van der Waals surface area contributed by atoms with Crippen LogP contribution in [0.25, 0.3) is 0 Å². The number of rotatable bonds is 2. The van der Waals surface area contributed by atoms with E-state index in [1.54, 1.807) is 0 Å². The number of aliphatic imine (C=N–C) groups is 1. The second-order valence-electron chi connectivity index (χ2n) is 2.75. The average molecular weight is 157 g/mol. The Kier molecular flexibility index (Phi) is 3.40. The van der Waals surface area contributed by atoms with Crippen LogP contribution in [0.5, 0.6) is 0 Å². The van der Waals surface area contributed by atoms with Crippen molar-refractivity contribution >= 4 is 23.3 Å². The van der Waals surface area contributed by atoms with E-state index in [1.807, 2.05) is 20.8 Å². The van der Waals surface area contributed by atoms with Crippen LogP contribution in [-0.4, -0.2) is 11.1 Å². The molecule has 0 bridgehead atoms. The first kappa shape index (κ1) is 9.47. The summed E-state index contributed by atoms with van der Waals surface area (Å²) in [5.74, 6) is -0.190. The highest BCUT2D eigenvalue weighted by Gasteiger charge is 2.24. The molecule has 0 aromatic heterocycles. The Morgan fingerprint density at radius 3 is 2.50 bits per heavy atom. The molecule has 10 heavy (non-hydrogen) atoms. The maximum absolute atomic E-state index is 11.0. The van der Waals surface area contributed by atoms with Crippen molar-refractivity contribution in [1.82, 2.24) is 0 Å². The lowest BCUT2D eigenvalue weighted by Crippen LogP contribution is -2.20. The summed E-state index contributed by atoms with van der Waals surface area (Å²) in [5.41, 5.74) is -0.383. The van der Waals surface area contributed by atoms with Crippen LogP contribution in [0.15, 0.2) is 4.99 Å². The van der Waals surface area contributed by atoms with E-state index in [9.17, 15) is 4.79 Å². The fourth-order valence-corrected chi connectivity index (χ4v) is 0.427. The normalized spacial score (nSPS) is 10.3. The average Bonchev–Trinajstić information content (AvgIpc) is 1.89. The molecule has 56 valence electrons. The fraction of sp³-hybridized carbons (Fsp3) is 0.714. The largest absolute Gasteiger partial charge is 0.271 e. The van der Waals surface area contributed by atoms with E-state index in [-0.39, 0.29) is 11.3 Å². The molecule has 0 saturated heterocycles. The first-order chi connectivity index (χ1) is 4.54. The lowest BCUT2D eigenvalue weighted by molar-refractivity contribution is -0.125. The molecule has 0 aliphatic heterocycles. The number of carbonyl (C=O) groups is 1. The number of hydrogen-bond donors (Lipinski definition) is 0. The van der Waals surface area contributed by atoms with Gasteiger partial charge in [0.2, 0.25) is 0 Å². The molecule has 0 aromatic carbocycles. The van der Waals surface area contributed by atoms with Crippen molar-refractivity contribution in [2.24, 2.45) is 10.4 Å². The van der Waals surface area contributed by atoms with Crippen LogP contribution >= 0.6 is 12.2 Å². The van der Waals surface area contributed by atoms with Crippen LogP contribution in [0, 0.1) is 5.41 Å². The zero-order valence-electron chi connectivity index (χ0n) is 6.47. The van der Waals surface area contributed by atoms with E-state index in [4.69, 9.17) is 0 Å².